The van der Waals surface area contributed by atoms with Crippen LogP contribution in [0.4, 0.5) is 4.39 Å². The molecular formula is C21H26FN5O2. The van der Waals surface area contributed by atoms with Crippen molar-refractivity contribution in [2.75, 3.05) is 13.1 Å². The van der Waals surface area contributed by atoms with E-state index in [9.17, 15) is 9.50 Å². The average molecular weight is 399 g/mol. The van der Waals surface area contributed by atoms with E-state index in [2.05, 4.69) is 15.1 Å². The average Bonchev–Trinajstić information content (AvgIpc) is 3.40. The Morgan fingerprint density at radius 3 is 2.90 bits per heavy atom. The minimum Gasteiger partial charge on any atom is -0.356 e. The van der Waals surface area contributed by atoms with Crippen molar-refractivity contribution in [3.05, 3.63) is 36.0 Å². The van der Waals surface area contributed by atoms with E-state index < -0.39 is 12.0 Å². The van der Waals surface area contributed by atoms with Gasteiger partial charge in [-0.05, 0) is 45.7 Å². The summed E-state index contributed by atoms with van der Waals surface area (Å²) in [6, 6.07) is 3.68. The van der Waals surface area contributed by atoms with E-state index in [1.165, 1.54) is 0 Å². The summed E-state index contributed by atoms with van der Waals surface area (Å²) >= 11 is 0. The number of H-pyrrole nitrogens is 1. The molecule has 0 aromatic carbocycles. The second kappa shape index (κ2) is 6.35. The van der Waals surface area contributed by atoms with Crippen LogP contribution in [0.5, 0.6) is 0 Å². The van der Waals surface area contributed by atoms with E-state index in [0.29, 0.717) is 28.8 Å². The van der Waals surface area contributed by atoms with Crippen LogP contribution in [-0.2, 0) is 16.7 Å². The number of nitrogens with one attached hydrogen (secondary N) is 1. The van der Waals surface area contributed by atoms with Crippen LogP contribution in [0, 0.1) is 5.82 Å². The van der Waals surface area contributed by atoms with Crippen molar-refractivity contribution in [3.63, 3.8) is 0 Å². The lowest BCUT2D eigenvalue weighted by molar-refractivity contribution is -0.234. The largest absolute Gasteiger partial charge is 0.356 e. The van der Waals surface area contributed by atoms with Crippen molar-refractivity contribution in [1.82, 2.24) is 24.6 Å². The number of fused-ring (bicyclic) bond motifs is 3. The van der Waals surface area contributed by atoms with Gasteiger partial charge in [-0.1, -0.05) is 0 Å². The number of rotatable bonds is 3. The van der Waals surface area contributed by atoms with Crippen LogP contribution in [0.1, 0.15) is 39.3 Å². The fraction of sp³-hybridized carbons (Fsp3) is 0.524. The molecule has 0 amide bonds. The van der Waals surface area contributed by atoms with E-state index in [0.717, 1.165) is 31.6 Å². The smallest absolute Gasteiger partial charge is 0.216 e. The SMILES string of the molecule is CC(C)(C)OC(O)N1CCC2(CCn3nc(-c4cnc5[nH]ccc5c4F)cc32)C1. The third-order valence-corrected chi connectivity index (χ3v) is 6.08. The van der Waals surface area contributed by atoms with Gasteiger partial charge >= 0.3 is 0 Å². The molecular weight excluding hydrogens is 373 g/mol. The first-order valence-electron chi connectivity index (χ1n) is 10.1. The minimum absolute atomic E-state index is 0.0877. The van der Waals surface area contributed by atoms with Gasteiger partial charge in [0, 0.05) is 43.1 Å². The Morgan fingerprint density at radius 1 is 1.31 bits per heavy atom. The Kier molecular flexibility index (Phi) is 4.10. The molecule has 7 nitrogen and oxygen atoms in total. The van der Waals surface area contributed by atoms with Crippen LogP contribution in [0.25, 0.3) is 22.3 Å². The summed E-state index contributed by atoms with van der Waals surface area (Å²) in [5.74, 6) is -0.302. The fourth-order valence-corrected chi connectivity index (χ4v) is 4.64. The molecule has 5 rings (SSSR count). The zero-order chi connectivity index (χ0) is 20.4. The van der Waals surface area contributed by atoms with Crippen LogP contribution in [0.15, 0.2) is 24.5 Å². The highest BCUT2D eigenvalue weighted by Gasteiger charge is 2.47. The normalized spacial score (nSPS) is 23.3. The van der Waals surface area contributed by atoms with Gasteiger partial charge < -0.3 is 14.8 Å². The van der Waals surface area contributed by atoms with Crippen LogP contribution >= 0.6 is 0 Å². The van der Waals surface area contributed by atoms with E-state index in [1.807, 2.05) is 36.4 Å². The number of likely N-dealkylation sites (tertiary alicyclic amines) is 1. The number of hydrogen-bond acceptors (Lipinski definition) is 5. The standard InChI is InChI=1S/C21H26FN5O2/c1-20(2,3)29-19(28)26-8-5-21(12-26)6-9-27-16(21)10-15(25-27)14-11-24-18-13(17(14)22)4-7-23-18/h4,7,10-11,19,28H,5-6,8-9,12H2,1-3H3,(H,23,24). The number of nitrogens with zero attached hydrogens (tertiary/aromatic N) is 4. The van der Waals surface area contributed by atoms with E-state index in [-0.39, 0.29) is 11.2 Å². The molecule has 0 radical (unpaired) electrons. The first-order chi connectivity index (χ1) is 13.8. The maximum absolute atomic E-state index is 15.0. The summed E-state index contributed by atoms with van der Waals surface area (Å²) in [5.41, 5.74) is 2.16. The molecule has 3 aromatic rings. The number of aliphatic hydroxyl groups excluding tert-OH is 1. The number of halogens is 1. The van der Waals surface area contributed by atoms with Gasteiger partial charge in [-0.2, -0.15) is 5.10 Å². The Morgan fingerprint density at radius 2 is 2.10 bits per heavy atom. The molecule has 2 unspecified atom stereocenters. The molecule has 0 bridgehead atoms. The number of ether oxygens (including phenoxy) is 1. The lowest BCUT2D eigenvalue weighted by Crippen LogP contribution is -2.42. The molecule has 1 saturated heterocycles. The van der Waals surface area contributed by atoms with Gasteiger partial charge in [0.2, 0.25) is 6.41 Å². The minimum atomic E-state index is -0.927. The Balaban J connectivity index is 1.44. The Hall–Kier alpha value is -2.29. The summed E-state index contributed by atoms with van der Waals surface area (Å²) in [4.78, 5) is 9.22. The summed E-state index contributed by atoms with van der Waals surface area (Å²) in [6.07, 6.45) is 4.18. The molecule has 2 aliphatic heterocycles. The zero-order valence-electron chi connectivity index (χ0n) is 16.9. The van der Waals surface area contributed by atoms with Crippen LogP contribution in [0.2, 0.25) is 0 Å². The van der Waals surface area contributed by atoms with Gasteiger partial charge in [-0.3, -0.25) is 9.58 Å². The molecule has 2 aliphatic rings. The molecule has 5 heterocycles. The first-order valence-corrected chi connectivity index (χ1v) is 10.1. The second-order valence-corrected chi connectivity index (χ2v) is 9.17. The Bertz CT molecular complexity index is 1070. The first kappa shape index (κ1) is 18.7. The Labute approximate surface area is 168 Å². The lowest BCUT2D eigenvalue weighted by atomic mass is 9.82. The van der Waals surface area contributed by atoms with Gasteiger partial charge in [-0.25, -0.2) is 9.37 Å². The van der Waals surface area contributed by atoms with Gasteiger partial charge in [0.1, 0.15) is 11.5 Å². The molecule has 29 heavy (non-hydrogen) atoms. The number of pyridine rings is 1. The highest BCUT2D eigenvalue weighted by molar-refractivity contribution is 5.81. The van der Waals surface area contributed by atoms with Gasteiger partial charge in [0.15, 0.2) is 0 Å². The molecule has 3 aromatic heterocycles. The van der Waals surface area contributed by atoms with Gasteiger partial charge in [0.25, 0.3) is 0 Å². The molecule has 1 spiro atoms. The number of aryl methyl sites for hydroxylation is 1. The molecule has 8 heteroatoms. The third kappa shape index (κ3) is 3.06. The maximum atomic E-state index is 15.0. The van der Waals surface area contributed by atoms with Crippen LogP contribution in [0.3, 0.4) is 0 Å². The van der Waals surface area contributed by atoms with Crippen molar-refractivity contribution in [2.45, 2.75) is 57.6 Å². The highest BCUT2D eigenvalue weighted by Crippen LogP contribution is 2.44. The fourth-order valence-electron chi connectivity index (χ4n) is 4.64. The van der Waals surface area contributed by atoms with E-state index in [4.69, 9.17) is 4.74 Å². The van der Waals surface area contributed by atoms with Gasteiger partial charge in [0.05, 0.1) is 22.2 Å². The maximum Gasteiger partial charge on any atom is 0.216 e. The summed E-state index contributed by atoms with van der Waals surface area (Å²) in [7, 11) is 0. The predicted octanol–water partition coefficient (Wildman–Crippen LogP) is 3.00. The molecule has 154 valence electrons. The third-order valence-electron chi connectivity index (χ3n) is 6.08. The number of aromatic nitrogens is 4. The predicted molar refractivity (Wildman–Crippen MR) is 107 cm³/mol. The van der Waals surface area contributed by atoms with Crippen LogP contribution < -0.4 is 0 Å². The van der Waals surface area contributed by atoms with Crippen molar-refractivity contribution < 1.29 is 14.2 Å². The van der Waals surface area contributed by atoms with Crippen molar-refractivity contribution in [2.24, 2.45) is 0 Å². The van der Waals surface area contributed by atoms with Crippen molar-refractivity contribution in [1.29, 1.82) is 0 Å². The quantitative estimate of drug-likeness (QED) is 0.662. The summed E-state index contributed by atoms with van der Waals surface area (Å²) in [6.45, 7) is 8.05. The van der Waals surface area contributed by atoms with Crippen molar-refractivity contribution in [3.8, 4) is 11.3 Å². The van der Waals surface area contributed by atoms with Crippen molar-refractivity contribution >= 4 is 11.0 Å². The van der Waals surface area contributed by atoms with E-state index in [1.54, 1.807) is 18.5 Å². The molecule has 2 N–H and O–H groups in total. The molecule has 2 atom stereocenters. The lowest BCUT2D eigenvalue weighted by Gasteiger charge is -2.31. The molecule has 1 fully saturated rings. The topological polar surface area (TPSA) is 79.2 Å². The monoisotopic (exact) mass is 399 g/mol. The van der Waals surface area contributed by atoms with E-state index >= 15 is 0 Å². The summed E-state index contributed by atoms with van der Waals surface area (Å²) < 4.78 is 22.7. The van der Waals surface area contributed by atoms with Crippen LogP contribution in [-0.4, -0.2) is 54.9 Å². The molecule has 0 aliphatic carbocycles. The number of hydrogen-bond donors (Lipinski definition) is 2. The second-order valence-electron chi connectivity index (χ2n) is 9.17. The number of aromatic amines is 1. The molecule has 0 saturated carbocycles. The highest BCUT2D eigenvalue weighted by atomic mass is 19.1. The van der Waals surface area contributed by atoms with Gasteiger partial charge in [-0.15, -0.1) is 0 Å². The number of aliphatic hydroxyl groups is 1. The zero-order valence-corrected chi connectivity index (χ0v) is 16.9. The summed E-state index contributed by atoms with van der Waals surface area (Å²) in [5, 5.41) is 15.6.